The minimum Gasteiger partial charge on any atom is -0.370 e. The van der Waals surface area contributed by atoms with Gasteiger partial charge in [0.2, 0.25) is 5.91 Å². The molecule has 3 amide bonds. The summed E-state index contributed by atoms with van der Waals surface area (Å²) in [5, 5.41) is 5.00. The van der Waals surface area contributed by atoms with E-state index in [0.29, 0.717) is 0 Å². The van der Waals surface area contributed by atoms with Gasteiger partial charge in [-0.05, 0) is 23.6 Å². The van der Waals surface area contributed by atoms with Crippen molar-refractivity contribution >= 4 is 29.1 Å². The lowest BCUT2D eigenvalue weighted by atomic mass is 9.96. The lowest BCUT2D eigenvalue weighted by molar-refractivity contribution is -0.137. The molecule has 0 unspecified atom stereocenters. The number of nitrogens with two attached hydrogens (primary N) is 1. The van der Waals surface area contributed by atoms with Gasteiger partial charge in [0.25, 0.3) is 11.8 Å². The van der Waals surface area contributed by atoms with Gasteiger partial charge in [-0.2, -0.15) is 13.2 Å². The molecule has 11 heteroatoms. The van der Waals surface area contributed by atoms with Crippen LogP contribution in [0.2, 0.25) is 0 Å². The van der Waals surface area contributed by atoms with Crippen molar-refractivity contribution in [2.24, 2.45) is 11.1 Å². The van der Waals surface area contributed by atoms with Crippen LogP contribution in [0.25, 0.3) is 0 Å². The van der Waals surface area contributed by atoms with Crippen molar-refractivity contribution in [2.75, 3.05) is 36.5 Å². The highest BCUT2D eigenvalue weighted by Crippen LogP contribution is 2.38. The van der Waals surface area contributed by atoms with Crippen LogP contribution < -0.4 is 21.3 Å². The normalized spacial score (nSPS) is 16.3. The van der Waals surface area contributed by atoms with Crippen LogP contribution in [0, 0.1) is 5.41 Å². The van der Waals surface area contributed by atoms with Gasteiger partial charge in [-0.3, -0.25) is 19.7 Å². The number of halogens is 3. The Bertz CT molecular complexity index is 821. The van der Waals surface area contributed by atoms with Crippen LogP contribution in [0.5, 0.6) is 0 Å². The first-order valence-corrected chi connectivity index (χ1v) is 9.22. The molecule has 0 aromatic heterocycles. The number of hydrogen-bond donors (Lipinski definition) is 3. The molecule has 2 rings (SSSR count). The topological polar surface area (TPSA) is 114 Å². The summed E-state index contributed by atoms with van der Waals surface area (Å²) >= 11 is 0. The molecule has 166 valence electrons. The molecule has 0 bridgehead atoms. The summed E-state index contributed by atoms with van der Waals surface area (Å²) in [6.45, 7) is 5.68. The van der Waals surface area contributed by atoms with Gasteiger partial charge >= 0.3 is 6.18 Å². The molecule has 0 spiro atoms. The fourth-order valence-corrected chi connectivity index (χ4v) is 2.79. The average molecular weight is 430 g/mol. The largest absolute Gasteiger partial charge is 0.418 e. The van der Waals surface area contributed by atoms with E-state index in [1.807, 2.05) is 20.8 Å². The third-order valence-electron chi connectivity index (χ3n) is 4.23. The third kappa shape index (κ3) is 6.17. The number of morpholine rings is 1. The molecular formula is C19H25F3N4O4. The zero-order chi connectivity index (χ0) is 22.7. The molecule has 1 aromatic rings. The molecule has 1 aliphatic rings. The van der Waals surface area contributed by atoms with Crippen molar-refractivity contribution in [1.29, 1.82) is 0 Å². The van der Waals surface area contributed by atoms with Gasteiger partial charge < -0.3 is 20.7 Å². The van der Waals surface area contributed by atoms with E-state index in [1.54, 1.807) is 0 Å². The molecule has 1 heterocycles. The Morgan fingerprint density at radius 2 is 1.93 bits per heavy atom. The molecule has 1 atom stereocenters. The van der Waals surface area contributed by atoms with Gasteiger partial charge in [-0.1, -0.05) is 20.8 Å². The van der Waals surface area contributed by atoms with Gasteiger partial charge in [-0.25, -0.2) is 0 Å². The maximum atomic E-state index is 13.6. The van der Waals surface area contributed by atoms with E-state index in [1.165, 1.54) is 6.07 Å². The molecule has 8 nitrogen and oxygen atoms in total. The third-order valence-corrected chi connectivity index (χ3v) is 4.23. The lowest BCUT2D eigenvalue weighted by Gasteiger charge is -2.29. The number of rotatable bonds is 6. The maximum Gasteiger partial charge on any atom is 0.418 e. The van der Waals surface area contributed by atoms with E-state index in [0.717, 1.165) is 17.0 Å². The number of amides is 3. The van der Waals surface area contributed by atoms with Crippen LogP contribution >= 0.6 is 0 Å². The number of alkyl halides is 3. The maximum absolute atomic E-state index is 13.6. The summed E-state index contributed by atoms with van der Waals surface area (Å²) in [4.78, 5) is 37.0. The Balaban J connectivity index is 2.28. The van der Waals surface area contributed by atoms with E-state index >= 15 is 0 Å². The van der Waals surface area contributed by atoms with Crippen molar-refractivity contribution in [3.05, 3.63) is 23.8 Å². The zero-order valence-corrected chi connectivity index (χ0v) is 16.9. The second kappa shape index (κ2) is 9.00. The van der Waals surface area contributed by atoms with Crippen molar-refractivity contribution in [3.63, 3.8) is 0 Å². The SMILES string of the molecule is CC(C)(C)CN[C@H](C(N)=O)C(=O)Nc1ccc(N2CCOCC2=O)c(C(F)(F)F)c1. The number of primary amides is 1. The van der Waals surface area contributed by atoms with E-state index in [9.17, 15) is 27.6 Å². The Morgan fingerprint density at radius 3 is 2.47 bits per heavy atom. The van der Waals surface area contributed by atoms with Gasteiger partial charge in [0.05, 0.1) is 17.9 Å². The predicted molar refractivity (Wildman–Crippen MR) is 104 cm³/mol. The summed E-state index contributed by atoms with van der Waals surface area (Å²) in [6.07, 6.45) is -4.78. The number of carbonyl (C=O) groups excluding carboxylic acids is 3. The van der Waals surface area contributed by atoms with Crippen molar-refractivity contribution < 1.29 is 32.3 Å². The fraction of sp³-hybridized carbons (Fsp3) is 0.526. The van der Waals surface area contributed by atoms with Crippen LogP contribution in [-0.4, -0.2) is 50.1 Å². The van der Waals surface area contributed by atoms with Gasteiger partial charge in [-0.15, -0.1) is 0 Å². The first-order chi connectivity index (χ1) is 13.8. The molecule has 1 aromatic carbocycles. The summed E-state index contributed by atoms with van der Waals surface area (Å²) in [6, 6.07) is 1.63. The average Bonchev–Trinajstić information content (AvgIpc) is 2.60. The quantitative estimate of drug-likeness (QED) is 0.592. The van der Waals surface area contributed by atoms with Crippen LogP contribution in [0.1, 0.15) is 26.3 Å². The monoisotopic (exact) mass is 430 g/mol. The van der Waals surface area contributed by atoms with Crippen LogP contribution in [0.15, 0.2) is 18.2 Å². The van der Waals surface area contributed by atoms with Crippen LogP contribution in [-0.2, 0) is 25.3 Å². The smallest absolute Gasteiger partial charge is 0.370 e. The number of carbonyl (C=O) groups is 3. The number of benzene rings is 1. The van der Waals surface area contributed by atoms with Crippen molar-refractivity contribution in [2.45, 2.75) is 33.0 Å². The molecule has 30 heavy (non-hydrogen) atoms. The fourth-order valence-electron chi connectivity index (χ4n) is 2.79. The Kier molecular flexibility index (Phi) is 7.09. The predicted octanol–water partition coefficient (Wildman–Crippen LogP) is 1.50. The molecule has 0 saturated carbocycles. The Morgan fingerprint density at radius 1 is 1.27 bits per heavy atom. The second-order valence-corrected chi connectivity index (χ2v) is 8.09. The van der Waals surface area contributed by atoms with Crippen molar-refractivity contribution in [3.8, 4) is 0 Å². The number of hydrogen-bond acceptors (Lipinski definition) is 5. The lowest BCUT2D eigenvalue weighted by Crippen LogP contribution is -2.51. The molecule has 1 saturated heterocycles. The first kappa shape index (κ1) is 23.6. The highest BCUT2D eigenvalue weighted by atomic mass is 19.4. The minimum atomic E-state index is -4.78. The highest BCUT2D eigenvalue weighted by Gasteiger charge is 2.37. The van der Waals surface area contributed by atoms with Gasteiger partial charge in [0.15, 0.2) is 6.04 Å². The molecule has 1 aliphatic heterocycles. The van der Waals surface area contributed by atoms with E-state index in [4.69, 9.17) is 10.5 Å². The number of nitrogens with zero attached hydrogens (tertiary/aromatic N) is 1. The zero-order valence-electron chi connectivity index (χ0n) is 16.9. The minimum absolute atomic E-state index is 0.0198. The molecular weight excluding hydrogens is 405 g/mol. The summed E-state index contributed by atoms with van der Waals surface area (Å²) in [5.41, 5.74) is 3.40. The Labute approximate surface area is 171 Å². The first-order valence-electron chi connectivity index (χ1n) is 9.22. The number of anilines is 2. The van der Waals surface area contributed by atoms with E-state index in [2.05, 4.69) is 10.6 Å². The van der Waals surface area contributed by atoms with Crippen LogP contribution in [0.4, 0.5) is 24.5 Å². The highest BCUT2D eigenvalue weighted by molar-refractivity contribution is 6.09. The van der Waals surface area contributed by atoms with E-state index in [-0.39, 0.29) is 43.1 Å². The molecule has 0 aliphatic carbocycles. The number of nitrogens with one attached hydrogen (secondary N) is 2. The Hall–Kier alpha value is -2.66. The summed E-state index contributed by atoms with van der Waals surface area (Å²) in [7, 11) is 0. The summed E-state index contributed by atoms with van der Waals surface area (Å²) < 4.78 is 45.8. The molecule has 1 fully saturated rings. The van der Waals surface area contributed by atoms with Crippen molar-refractivity contribution in [1.82, 2.24) is 5.32 Å². The molecule has 0 radical (unpaired) electrons. The summed E-state index contributed by atoms with van der Waals surface area (Å²) in [5.74, 6) is -2.43. The standard InChI is InChI=1S/C19H25F3N4O4/c1-18(2,3)10-24-15(16(23)28)17(29)25-11-4-5-13(12(8-11)19(20,21)22)26-6-7-30-9-14(26)27/h4-5,8,15,24H,6-7,9-10H2,1-3H3,(H2,23,28)(H,25,29)/t15-/m1/s1. The van der Waals surface area contributed by atoms with E-state index < -0.39 is 35.5 Å². The number of ether oxygens (including phenoxy) is 1. The van der Waals surface area contributed by atoms with Gasteiger partial charge in [0, 0.05) is 18.8 Å². The van der Waals surface area contributed by atoms with Crippen LogP contribution in [0.3, 0.4) is 0 Å². The van der Waals surface area contributed by atoms with Gasteiger partial charge in [0.1, 0.15) is 6.61 Å². The molecule has 4 N–H and O–H groups in total. The second-order valence-electron chi connectivity index (χ2n) is 8.09.